The molecule has 1 aliphatic rings. The van der Waals surface area contributed by atoms with Gasteiger partial charge in [-0.3, -0.25) is 0 Å². The van der Waals surface area contributed by atoms with Crippen molar-refractivity contribution in [3.8, 4) is 0 Å². The van der Waals surface area contributed by atoms with Crippen LogP contribution < -0.4 is 5.32 Å². The molecule has 0 aliphatic heterocycles. The van der Waals surface area contributed by atoms with E-state index in [0.717, 1.165) is 12.1 Å². The summed E-state index contributed by atoms with van der Waals surface area (Å²) in [6.45, 7) is 0. The van der Waals surface area contributed by atoms with Crippen molar-refractivity contribution in [1.82, 2.24) is 0 Å². The van der Waals surface area contributed by atoms with E-state index in [1.165, 1.54) is 0 Å². The summed E-state index contributed by atoms with van der Waals surface area (Å²) >= 11 is 0. The predicted molar refractivity (Wildman–Crippen MR) is 61.8 cm³/mol. The van der Waals surface area contributed by atoms with Gasteiger partial charge < -0.3 is 5.32 Å². The lowest BCUT2D eigenvalue weighted by atomic mass is 9.84. The minimum atomic E-state index is -4.29. The fraction of sp³-hybridized carbons (Fsp3) is 0.538. The van der Waals surface area contributed by atoms with Crippen molar-refractivity contribution in [1.29, 1.82) is 0 Å². The van der Waals surface area contributed by atoms with Gasteiger partial charge in [-0.05, 0) is 25.0 Å². The van der Waals surface area contributed by atoms with Crippen LogP contribution in [0.5, 0.6) is 0 Å². The Labute approximate surface area is 107 Å². The molecule has 1 N–H and O–H groups in total. The molecule has 0 aromatic heterocycles. The third-order valence-electron chi connectivity index (χ3n) is 3.40. The highest BCUT2D eigenvalue weighted by atomic mass is 19.4. The van der Waals surface area contributed by atoms with Crippen molar-refractivity contribution in [2.45, 2.75) is 37.9 Å². The Kier molecular flexibility index (Phi) is 3.96. The number of anilines is 1. The molecule has 0 heterocycles. The topological polar surface area (TPSA) is 12.0 Å². The van der Waals surface area contributed by atoms with Gasteiger partial charge in [0.1, 0.15) is 11.6 Å². The summed E-state index contributed by atoms with van der Waals surface area (Å²) in [5.41, 5.74) is 0.0543. The zero-order valence-corrected chi connectivity index (χ0v) is 10.1. The van der Waals surface area contributed by atoms with Crippen molar-refractivity contribution in [3.05, 3.63) is 29.8 Å². The van der Waals surface area contributed by atoms with E-state index in [0.29, 0.717) is 25.3 Å². The Bertz CT molecular complexity index is 423. The first-order chi connectivity index (χ1) is 8.86. The van der Waals surface area contributed by atoms with Crippen LogP contribution in [0.2, 0.25) is 0 Å². The predicted octanol–water partition coefficient (Wildman–Crippen LogP) is 4.50. The minimum absolute atomic E-state index is 0.0543. The van der Waals surface area contributed by atoms with Crippen molar-refractivity contribution < 1.29 is 22.0 Å². The Morgan fingerprint density at radius 2 is 1.53 bits per heavy atom. The molecule has 1 aromatic rings. The SMILES string of the molecule is Fc1cc(F)cc(NC2CCCCC2C(F)(F)F)c1. The minimum Gasteiger partial charge on any atom is -0.382 e. The molecule has 19 heavy (non-hydrogen) atoms. The van der Waals surface area contributed by atoms with E-state index in [1.807, 2.05) is 0 Å². The van der Waals surface area contributed by atoms with Crippen LogP contribution in [0.1, 0.15) is 25.7 Å². The number of rotatable bonds is 2. The monoisotopic (exact) mass is 279 g/mol. The summed E-state index contributed by atoms with van der Waals surface area (Å²) in [4.78, 5) is 0. The molecule has 0 bridgehead atoms. The van der Waals surface area contributed by atoms with Gasteiger partial charge in [-0.2, -0.15) is 13.2 Å². The molecule has 2 rings (SSSR count). The van der Waals surface area contributed by atoms with Gasteiger partial charge >= 0.3 is 6.18 Å². The standard InChI is InChI=1S/C13H14F5N/c14-8-5-9(15)7-10(6-8)19-12-4-2-1-3-11(12)13(16,17)18/h5-7,11-12,19H,1-4H2. The van der Waals surface area contributed by atoms with Gasteiger partial charge in [0.05, 0.1) is 5.92 Å². The van der Waals surface area contributed by atoms with Crippen molar-refractivity contribution in [2.75, 3.05) is 5.32 Å². The molecule has 0 saturated heterocycles. The summed E-state index contributed by atoms with van der Waals surface area (Å²) in [7, 11) is 0. The van der Waals surface area contributed by atoms with Crippen LogP contribution in [0.15, 0.2) is 18.2 Å². The molecular formula is C13H14F5N. The highest BCUT2D eigenvalue weighted by Crippen LogP contribution is 2.39. The Balaban J connectivity index is 2.15. The number of alkyl halides is 3. The van der Waals surface area contributed by atoms with Gasteiger partial charge in [0, 0.05) is 17.8 Å². The summed E-state index contributed by atoms with van der Waals surface area (Å²) in [6.07, 6.45) is -2.67. The maximum absolute atomic E-state index is 13.0. The fourth-order valence-corrected chi connectivity index (χ4v) is 2.55. The summed E-state index contributed by atoms with van der Waals surface area (Å²) in [5.74, 6) is -3.07. The number of hydrogen-bond donors (Lipinski definition) is 1. The summed E-state index contributed by atoms with van der Waals surface area (Å²) in [6, 6.07) is 1.87. The highest BCUT2D eigenvalue weighted by molar-refractivity contribution is 5.44. The average molecular weight is 279 g/mol. The first-order valence-electron chi connectivity index (χ1n) is 6.15. The van der Waals surface area contributed by atoms with Gasteiger partial charge in [0.2, 0.25) is 0 Å². The Morgan fingerprint density at radius 3 is 2.11 bits per heavy atom. The van der Waals surface area contributed by atoms with E-state index in [9.17, 15) is 22.0 Å². The molecule has 6 heteroatoms. The summed E-state index contributed by atoms with van der Waals surface area (Å²) < 4.78 is 64.6. The Morgan fingerprint density at radius 1 is 0.947 bits per heavy atom. The van der Waals surface area contributed by atoms with Crippen LogP contribution in [-0.2, 0) is 0 Å². The van der Waals surface area contributed by atoms with Gasteiger partial charge in [-0.15, -0.1) is 0 Å². The molecule has 2 unspecified atom stereocenters. The smallest absolute Gasteiger partial charge is 0.382 e. The second-order valence-electron chi connectivity index (χ2n) is 4.84. The normalized spacial score (nSPS) is 24.3. The number of nitrogens with one attached hydrogen (secondary N) is 1. The number of hydrogen-bond acceptors (Lipinski definition) is 1. The van der Waals surface area contributed by atoms with E-state index in [4.69, 9.17) is 0 Å². The molecule has 1 aliphatic carbocycles. The van der Waals surface area contributed by atoms with Crippen molar-refractivity contribution in [3.63, 3.8) is 0 Å². The van der Waals surface area contributed by atoms with E-state index >= 15 is 0 Å². The molecule has 0 spiro atoms. The highest BCUT2D eigenvalue weighted by Gasteiger charge is 2.45. The largest absolute Gasteiger partial charge is 0.393 e. The average Bonchev–Trinajstić information content (AvgIpc) is 2.26. The van der Waals surface area contributed by atoms with Gasteiger partial charge in [-0.1, -0.05) is 12.8 Å². The maximum atomic E-state index is 13.0. The van der Waals surface area contributed by atoms with Crippen LogP contribution in [-0.4, -0.2) is 12.2 Å². The van der Waals surface area contributed by atoms with E-state index < -0.39 is 29.8 Å². The van der Waals surface area contributed by atoms with E-state index in [2.05, 4.69) is 5.32 Å². The molecule has 0 radical (unpaired) electrons. The van der Waals surface area contributed by atoms with Crippen LogP contribution in [0.4, 0.5) is 27.6 Å². The number of benzene rings is 1. The van der Waals surface area contributed by atoms with Crippen molar-refractivity contribution >= 4 is 5.69 Å². The lowest BCUT2D eigenvalue weighted by Crippen LogP contribution is -2.41. The zero-order valence-electron chi connectivity index (χ0n) is 10.1. The first-order valence-corrected chi connectivity index (χ1v) is 6.15. The zero-order chi connectivity index (χ0) is 14.0. The van der Waals surface area contributed by atoms with E-state index in [1.54, 1.807) is 0 Å². The van der Waals surface area contributed by atoms with Crippen LogP contribution in [0.25, 0.3) is 0 Å². The molecule has 1 saturated carbocycles. The van der Waals surface area contributed by atoms with E-state index in [-0.39, 0.29) is 12.1 Å². The van der Waals surface area contributed by atoms with Gasteiger partial charge in [0.25, 0.3) is 0 Å². The second-order valence-corrected chi connectivity index (χ2v) is 4.84. The van der Waals surface area contributed by atoms with Crippen LogP contribution >= 0.6 is 0 Å². The van der Waals surface area contributed by atoms with Crippen LogP contribution in [0.3, 0.4) is 0 Å². The molecular weight excluding hydrogens is 265 g/mol. The second kappa shape index (κ2) is 5.35. The fourth-order valence-electron chi connectivity index (χ4n) is 2.55. The molecule has 1 nitrogen and oxygen atoms in total. The Hall–Kier alpha value is -1.33. The third kappa shape index (κ3) is 3.58. The summed E-state index contributed by atoms with van der Waals surface area (Å²) in [5, 5.41) is 2.62. The quantitative estimate of drug-likeness (QED) is 0.786. The maximum Gasteiger partial charge on any atom is 0.393 e. The number of halogens is 5. The third-order valence-corrected chi connectivity index (χ3v) is 3.40. The lowest BCUT2D eigenvalue weighted by Gasteiger charge is -2.34. The van der Waals surface area contributed by atoms with Gasteiger partial charge in [-0.25, -0.2) is 8.78 Å². The molecule has 106 valence electrons. The molecule has 1 aromatic carbocycles. The lowest BCUT2D eigenvalue weighted by molar-refractivity contribution is -0.184. The van der Waals surface area contributed by atoms with Crippen LogP contribution in [0, 0.1) is 17.6 Å². The van der Waals surface area contributed by atoms with Crippen molar-refractivity contribution in [2.24, 2.45) is 5.92 Å². The van der Waals surface area contributed by atoms with Gasteiger partial charge in [0.15, 0.2) is 0 Å². The molecule has 0 amide bonds. The first kappa shape index (κ1) is 14.1. The molecule has 1 fully saturated rings. The molecule has 2 atom stereocenters.